The third-order valence-corrected chi connectivity index (χ3v) is 1.17. The molecule has 0 heterocycles. The number of hydrogen-bond acceptors (Lipinski definition) is 2. The van der Waals surface area contributed by atoms with Gasteiger partial charge in [0.1, 0.15) is 0 Å². The maximum atomic E-state index is 11.6. The van der Waals surface area contributed by atoms with Crippen LogP contribution in [0.5, 0.6) is 0 Å². The Kier molecular flexibility index (Phi) is 12.9. The van der Waals surface area contributed by atoms with E-state index in [2.05, 4.69) is 4.74 Å². The van der Waals surface area contributed by atoms with Gasteiger partial charge in [-0.3, -0.25) is 0 Å². The van der Waals surface area contributed by atoms with E-state index < -0.39 is 13.3 Å². The summed E-state index contributed by atoms with van der Waals surface area (Å²) in [5, 5.41) is 0. The van der Waals surface area contributed by atoms with Crippen LogP contribution in [-0.4, -0.2) is 33.4 Å². The molecule has 0 bridgehead atoms. The summed E-state index contributed by atoms with van der Waals surface area (Å²) in [5.74, 6) is 0. The molecular formula is C6H13BF3KO2. The summed E-state index contributed by atoms with van der Waals surface area (Å²) in [6, 6.07) is 0. The molecule has 0 saturated carbocycles. The summed E-state index contributed by atoms with van der Waals surface area (Å²) in [6.45, 7) is -1.97. The maximum absolute atomic E-state index is 11.6. The van der Waals surface area contributed by atoms with Crippen LogP contribution in [0.1, 0.15) is 6.92 Å². The van der Waals surface area contributed by atoms with Crippen LogP contribution in [0.25, 0.3) is 0 Å². The molecular weight excluding hydrogens is 211 g/mol. The van der Waals surface area contributed by atoms with Gasteiger partial charge >= 0.3 is 58.4 Å². The number of halogens is 3. The zero-order valence-corrected chi connectivity index (χ0v) is 11.2. The van der Waals surface area contributed by atoms with E-state index in [-0.39, 0.29) is 64.6 Å². The molecule has 7 heteroatoms. The van der Waals surface area contributed by atoms with Crippen molar-refractivity contribution in [2.24, 2.45) is 0 Å². The molecule has 2 nitrogen and oxygen atoms in total. The van der Waals surface area contributed by atoms with Gasteiger partial charge in [0.05, 0.1) is 13.2 Å². The second-order valence-corrected chi connectivity index (χ2v) is 2.31. The molecule has 13 heavy (non-hydrogen) atoms. The molecule has 74 valence electrons. The summed E-state index contributed by atoms with van der Waals surface area (Å²) in [6.07, 6.45) is -0.827. The van der Waals surface area contributed by atoms with Crippen molar-refractivity contribution >= 4 is 6.98 Å². The van der Waals surface area contributed by atoms with Crippen molar-refractivity contribution in [2.75, 3.05) is 26.4 Å². The Morgan fingerprint density at radius 3 is 2.00 bits per heavy atom. The summed E-state index contributed by atoms with van der Waals surface area (Å²) in [4.78, 5) is 0. The second-order valence-electron chi connectivity index (χ2n) is 2.31. The van der Waals surface area contributed by atoms with Crippen LogP contribution in [0, 0.1) is 0 Å². The van der Waals surface area contributed by atoms with Crippen LogP contribution in [0.3, 0.4) is 0 Å². The summed E-state index contributed by atoms with van der Waals surface area (Å²) in [5.41, 5.74) is 0. The normalized spacial score (nSPS) is 11.1. The second kappa shape index (κ2) is 9.95. The van der Waals surface area contributed by atoms with E-state index >= 15 is 0 Å². The van der Waals surface area contributed by atoms with Crippen molar-refractivity contribution in [3.05, 3.63) is 0 Å². The van der Waals surface area contributed by atoms with Crippen molar-refractivity contribution in [3.8, 4) is 0 Å². The van der Waals surface area contributed by atoms with Crippen LogP contribution in [0.4, 0.5) is 12.9 Å². The minimum Gasteiger partial charge on any atom is -0.449 e. The van der Waals surface area contributed by atoms with Crippen LogP contribution >= 0.6 is 0 Å². The van der Waals surface area contributed by atoms with Crippen LogP contribution in [0.2, 0.25) is 6.32 Å². The Balaban J connectivity index is 0. The van der Waals surface area contributed by atoms with Crippen molar-refractivity contribution in [1.29, 1.82) is 0 Å². The van der Waals surface area contributed by atoms with Crippen molar-refractivity contribution in [1.82, 2.24) is 0 Å². The fraction of sp³-hybridized carbons (Fsp3) is 1.00. The molecule has 0 unspecified atom stereocenters. The van der Waals surface area contributed by atoms with Gasteiger partial charge in [0.2, 0.25) is 0 Å². The molecule has 0 fully saturated rings. The SMILES string of the molecule is CCOCCOCC[B-](F)(F)F.[K+]. The van der Waals surface area contributed by atoms with Gasteiger partial charge in [-0.25, -0.2) is 0 Å². The number of rotatable bonds is 7. The van der Waals surface area contributed by atoms with Crippen LogP contribution in [0.15, 0.2) is 0 Å². The van der Waals surface area contributed by atoms with Crippen LogP contribution < -0.4 is 51.4 Å². The van der Waals surface area contributed by atoms with Gasteiger partial charge in [0.15, 0.2) is 0 Å². The number of ether oxygens (including phenoxy) is 2. The van der Waals surface area contributed by atoms with Gasteiger partial charge in [-0.2, -0.15) is 0 Å². The first-order valence-electron chi connectivity index (χ1n) is 3.92. The average molecular weight is 224 g/mol. The van der Waals surface area contributed by atoms with E-state index in [1.54, 1.807) is 0 Å². The molecule has 0 radical (unpaired) electrons. The van der Waals surface area contributed by atoms with Gasteiger partial charge in [-0.1, -0.05) is 6.32 Å². The molecule has 0 aromatic rings. The molecule has 0 aromatic carbocycles. The Morgan fingerprint density at radius 1 is 1.00 bits per heavy atom. The molecule has 0 aliphatic carbocycles. The molecule has 0 saturated heterocycles. The van der Waals surface area contributed by atoms with E-state index in [0.717, 1.165) is 0 Å². The molecule has 0 atom stereocenters. The van der Waals surface area contributed by atoms with E-state index in [0.29, 0.717) is 13.2 Å². The Hall–Kier alpha value is 1.41. The molecule has 0 aromatic heterocycles. The first kappa shape index (κ1) is 16.8. The first-order valence-corrected chi connectivity index (χ1v) is 3.92. The molecule has 0 N–H and O–H groups in total. The fourth-order valence-electron chi connectivity index (χ4n) is 0.581. The van der Waals surface area contributed by atoms with E-state index in [1.165, 1.54) is 0 Å². The average Bonchev–Trinajstić information content (AvgIpc) is 1.94. The fourth-order valence-corrected chi connectivity index (χ4v) is 0.581. The van der Waals surface area contributed by atoms with Gasteiger partial charge in [0.25, 0.3) is 0 Å². The van der Waals surface area contributed by atoms with Crippen molar-refractivity contribution < 1.29 is 73.8 Å². The standard InChI is InChI=1S/C6H13BF3O2.K/c1-2-11-5-6-12-4-3-7(8,9)10;/h2-6H2,1H3;/q-1;+1. The maximum Gasteiger partial charge on any atom is 1.00 e. The zero-order valence-electron chi connectivity index (χ0n) is 8.06. The Bertz CT molecular complexity index is 113. The predicted octanol–water partition coefficient (Wildman–Crippen LogP) is -1.11. The molecule has 0 aliphatic heterocycles. The van der Waals surface area contributed by atoms with Gasteiger partial charge in [-0.05, 0) is 6.92 Å². The smallest absolute Gasteiger partial charge is 0.449 e. The molecule has 0 spiro atoms. The summed E-state index contributed by atoms with van der Waals surface area (Å²) >= 11 is 0. The quantitative estimate of drug-likeness (QED) is 0.403. The molecule has 0 rings (SSSR count). The largest absolute Gasteiger partial charge is 1.00 e. The predicted molar refractivity (Wildman–Crippen MR) is 41.2 cm³/mol. The minimum absolute atomic E-state index is 0. The first-order chi connectivity index (χ1) is 5.56. The third-order valence-electron chi connectivity index (χ3n) is 1.17. The van der Waals surface area contributed by atoms with Gasteiger partial charge < -0.3 is 22.4 Å². The van der Waals surface area contributed by atoms with Gasteiger partial charge in [-0.15, -0.1) is 0 Å². The third kappa shape index (κ3) is 16.1. The summed E-state index contributed by atoms with van der Waals surface area (Å²) in [7, 11) is 0. The van der Waals surface area contributed by atoms with E-state index in [4.69, 9.17) is 4.74 Å². The van der Waals surface area contributed by atoms with Crippen LogP contribution in [-0.2, 0) is 9.47 Å². The minimum atomic E-state index is -4.69. The molecule has 0 amide bonds. The zero-order chi connectivity index (χ0) is 9.45. The Labute approximate surface area is 119 Å². The summed E-state index contributed by atoms with van der Waals surface area (Å²) < 4.78 is 44.3. The Morgan fingerprint density at radius 2 is 1.54 bits per heavy atom. The topological polar surface area (TPSA) is 18.5 Å². The van der Waals surface area contributed by atoms with Gasteiger partial charge in [0, 0.05) is 13.2 Å². The monoisotopic (exact) mass is 224 g/mol. The van der Waals surface area contributed by atoms with E-state index in [1.807, 2.05) is 6.92 Å². The molecule has 0 aliphatic rings. The van der Waals surface area contributed by atoms with E-state index in [9.17, 15) is 12.9 Å². The van der Waals surface area contributed by atoms with Crippen molar-refractivity contribution in [3.63, 3.8) is 0 Å². The number of hydrogen-bond donors (Lipinski definition) is 0. The van der Waals surface area contributed by atoms with Crippen molar-refractivity contribution in [2.45, 2.75) is 13.2 Å².